The van der Waals surface area contributed by atoms with E-state index >= 15 is 0 Å². The summed E-state index contributed by atoms with van der Waals surface area (Å²) in [5.74, 6) is 0.924. The predicted octanol–water partition coefficient (Wildman–Crippen LogP) is 4.76. The number of hydrogen-bond donors (Lipinski definition) is 1. The number of piperidine rings is 1. The maximum atomic E-state index is 12.5. The van der Waals surface area contributed by atoms with Crippen LogP contribution in [0, 0.1) is 5.92 Å². The molecule has 142 valence electrons. The predicted molar refractivity (Wildman–Crippen MR) is 110 cm³/mol. The third-order valence-corrected chi connectivity index (χ3v) is 5.02. The Balaban J connectivity index is 1.45. The topological polar surface area (TPSA) is 41.6 Å². The van der Waals surface area contributed by atoms with Crippen LogP contribution in [0.4, 0.5) is 5.69 Å². The maximum Gasteiger partial charge on any atom is 0.227 e. The van der Waals surface area contributed by atoms with Gasteiger partial charge in [0, 0.05) is 23.2 Å². The lowest BCUT2D eigenvalue weighted by Crippen LogP contribution is -2.37. The van der Waals surface area contributed by atoms with Gasteiger partial charge in [-0.05, 0) is 67.9 Å². The van der Waals surface area contributed by atoms with Crippen LogP contribution in [0.25, 0.3) is 0 Å². The Labute approximate surface area is 165 Å². The third-order valence-electron chi connectivity index (χ3n) is 4.77. The number of halogens is 1. The maximum absolute atomic E-state index is 12.5. The second kappa shape index (κ2) is 9.58. The van der Waals surface area contributed by atoms with Crippen molar-refractivity contribution in [3.8, 4) is 5.75 Å². The van der Waals surface area contributed by atoms with Crippen LogP contribution >= 0.6 is 11.6 Å². The van der Waals surface area contributed by atoms with Crippen LogP contribution in [0.2, 0.25) is 5.02 Å². The Morgan fingerprint density at radius 3 is 2.44 bits per heavy atom. The first-order valence-electron chi connectivity index (χ1n) is 9.25. The van der Waals surface area contributed by atoms with E-state index in [2.05, 4.69) is 28.9 Å². The first kappa shape index (κ1) is 19.5. The molecule has 0 unspecified atom stereocenters. The number of amides is 1. The van der Waals surface area contributed by atoms with Gasteiger partial charge >= 0.3 is 0 Å². The summed E-state index contributed by atoms with van der Waals surface area (Å²) >= 11 is 5.94. The summed E-state index contributed by atoms with van der Waals surface area (Å²) in [5.41, 5.74) is 2.05. The molecule has 0 aromatic heterocycles. The van der Waals surface area contributed by atoms with Gasteiger partial charge in [0.2, 0.25) is 5.91 Å². The molecule has 0 radical (unpaired) electrons. The van der Waals surface area contributed by atoms with Gasteiger partial charge < -0.3 is 10.1 Å². The molecule has 1 amide bonds. The monoisotopic (exact) mass is 384 g/mol. The van der Waals surface area contributed by atoms with Gasteiger partial charge in [0.15, 0.2) is 0 Å². The highest BCUT2D eigenvalue weighted by Crippen LogP contribution is 2.22. The molecule has 4 nitrogen and oxygen atoms in total. The number of anilines is 1. The summed E-state index contributed by atoms with van der Waals surface area (Å²) in [4.78, 5) is 14.9. The number of nitrogens with zero attached hydrogens (tertiary/aromatic N) is 1. The highest BCUT2D eigenvalue weighted by molar-refractivity contribution is 6.30. The van der Waals surface area contributed by atoms with E-state index in [4.69, 9.17) is 16.3 Å². The lowest BCUT2D eigenvalue weighted by atomic mass is 9.95. The largest absolute Gasteiger partial charge is 0.490 e. The minimum Gasteiger partial charge on any atom is -0.490 e. The molecule has 0 atom stereocenters. The summed E-state index contributed by atoms with van der Waals surface area (Å²) < 4.78 is 5.45. The molecule has 2 aromatic rings. The molecular formula is C22H25ClN2O2. The summed E-state index contributed by atoms with van der Waals surface area (Å²) in [5, 5.41) is 3.78. The van der Waals surface area contributed by atoms with E-state index in [0.29, 0.717) is 6.61 Å². The van der Waals surface area contributed by atoms with Crippen LogP contribution in [0.3, 0.4) is 0 Å². The van der Waals surface area contributed by atoms with Gasteiger partial charge in [0.1, 0.15) is 12.4 Å². The molecule has 1 aliphatic rings. The number of benzene rings is 2. The summed E-state index contributed by atoms with van der Waals surface area (Å²) in [6, 6.07) is 15.4. The van der Waals surface area contributed by atoms with Gasteiger partial charge in [0.25, 0.3) is 0 Å². The molecule has 0 aliphatic carbocycles. The number of likely N-dealkylation sites (tertiary alicyclic amines) is 1. The van der Waals surface area contributed by atoms with Crippen molar-refractivity contribution in [1.82, 2.24) is 4.90 Å². The highest BCUT2D eigenvalue weighted by Gasteiger charge is 2.25. The number of carbonyl (C=O) groups is 1. The number of carbonyl (C=O) groups excluding carboxylic acids is 1. The van der Waals surface area contributed by atoms with E-state index in [1.54, 1.807) is 6.08 Å². The first-order chi connectivity index (χ1) is 13.1. The molecule has 0 spiro atoms. The fourth-order valence-corrected chi connectivity index (χ4v) is 3.36. The molecule has 27 heavy (non-hydrogen) atoms. The minimum atomic E-state index is 0.0585. The van der Waals surface area contributed by atoms with Crippen LogP contribution in [-0.2, 0) is 11.3 Å². The molecule has 1 aliphatic heterocycles. The van der Waals surface area contributed by atoms with Crippen molar-refractivity contribution in [2.24, 2.45) is 5.92 Å². The van der Waals surface area contributed by atoms with Gasteiger partial charge in [-0.3, -0.25) is 9.69 Å². The Kier molecular flexibility index (Phi) is 6.91. The zero-order valence-corrected chi connectivity index (χ0v) is 16.1. The first-order valence-corrected chi connectivity index (χ1v) is 9.63. The van der Waals surface area contributed by atoms with Crippen molar-refractivity contribution in [2.75, 3.05) is 25.0 Å². The molecule has 1 saturated heterocycles. The average molecular weight is 385 g/mol. The SMILES string of the molecule is C=CCOc1ccc(NC(=O)C2CCN(Cc3ccc(Cl)cc3)CC2)cc1. The number of hydrogen-bond acceptors (Lipinski definition) is 3. The summed E-state index contributed by atoms with van der Waals surface area (Å²) in [6.45, 7) is 6.85. The molecule has 0 bridgehead atoms. The lowest BCUT2D eigenvalue weighted by molar-refractivity contribution is -0.121. The van der Waals surface area contributed by atoms with Gasteiger partial charge in [0.05, 0.1) is 0 Å². The van der Waals surface area contributed by atoms with Crippen molar-refractivity contribution >= 4 is 23.2 Å². The van der Waals surface area contributed by atoms with Crippen molar-refractivity contribution in [3.05, 3.63) is 71.8 Å². The average Bonchev–Trinajstić information content (AvgIpc) is 2.70. The molecule has 2 aromatic carbocycles. The van der Waals surface area contributed by atoms with Crippen LogP contribution in [0.5, 0.6) is 5.75 Å². The molecular weight excluding hydrogens is 360 g/mol. The van der Waals surface area contributed by atoms with Crippen molar-refractivity contribution in [3.63, 3.8) is 0 Å². The summed E-state index contributed by atoms with van der Waals surface area (Å²) in [7, 11) is 0. The van der Waals surface area contributed by atoms with Gasteiger partial charge in [-0.1, -0.05) is 36.4 Å². The van der Waals surface area contributed by atoms with E-state index in [1.165, 1.54) is 5.56 Å². The molecule has 5 heteroatoms. The number of rotatable bonds is 7. The van der Waals surface area contributed by atoms with Crippen molar-refractivity contribution in [2.45, 2.75) is 19.4 Å². The van der Waals surface area contributed by atoms with E-state index in [9.17, 15) is 4.79 Å². The van der Waals surface area contributed by atoms with E-state index < -0.39 is 0 Å². The van der Waals surface area contributed by atoms with Gasteiger partial charge in [-0.15, -0.1) is 0 Å². The van der Waals surface area contributed by atoms with Crippen LogP contribution < -0.4 is 10.1 Å². The number of ether oxygens (including phenoxy) is 1. The van der Waals surface area contributed by atoms with Crippen LogP contribution in [0.15, 0.2) is 61.2 Å². The Bertz CT molecular complexity index is 751. The normalized spacial score (nSPS) is 15.3. The molecule has 1 heterocycles. The van der Waals surface area contributed by atoms with Gasteiger partial charge in [-0.2, -0.15) is 0 Å². The molecule has 1 fully saturated rings. The van der Waals surface area contributed by atoms with E-state index in [0.717, 1.165) is 48.9 Å². The molecule has 1 N–H and O–H groups in total. The zero-order valence-electron chi connectivity index (χ0n) is 15.4. The van der Waals surface area contributed by atoms with E-state index in [-0.39, 0.29) is 11.8 Å². The zero-order chi connectivity index (χ0) is 19.1. The van der Waals surface area contributed by atoms with E-state index in [1.807, 2.05) is 36.4 Å². The quantitative estimate of drug-likeness (QED) is 0.700. The Morgan fingerprint density at radius 2 is 1.81 bits per heavy atom. The second-order valence-corrected chi connectivity index (χ2v) is 7.23. The molecule has 3 rings (SSSR count). The third kappa shape index (κ3) is 5.84. The van der Waals surface area contributed by atoms with Crippen molar-refractivity contribution in [1.29, 1.82) is 0 Å². The molecule has 0 saturated carbocycles. The standard InChI is InChI=1S/C22H25ClN2O2/c1-2-15-27-21-9-7-20(8-10-21)24-22(26)18-11-13-25(14-12-18)16-17-3-5-19(23)6-4-17/h2-10,18H,1,11-16H2,(H,24,26). The number of nitrogens with one attached hydrogen (secondary N) is 1. The fourth-order valence-electron chi connectivity index (χ4n) is 3.24. The summed E-state index contributed by atoms with van der Waals surface area (Å²) in [6.07, 6.45) is 3.45. The van der Waals surface area contributed by atoms with Gasteiger partial charge in [-0.25, -0.2) is 0 Å². The fraction of sp³-hybridized carbons (Fsp3) is 0.318. The smallest absolute Gasteiger partial charge is 0.227 e. The lowest BCUT2D eigenvalue weighted by Gasteiger charge is -2.31. The highest BCUT2D eigenvalue weighted by atomic mass is 35.5. The van der Waals surface area contributed by atoms with Crippen LogP contribution in [-0.4, -0.2) is 30.5 Å². The van der Waals surface area contributed by atoms with Crippen molar-refractivity contribution < 1.29 is 9.53 Å². The van der Waals surface area contributed by atoms with Crippen LogP contribution in [0.1, 0.15) is 18.4 Å². The second-order valence-electron chi connectivity index (χ2n) is 6.79. The Morgan fingerprint density at radius 1 is 1.15 bits per heavy atom. The minimum absolute atomic E-state index is 0.0585. The Hall–Kier alpha value is -2.30.